The predicted octanol–water partition coefficient (Wildman–Crippen LogP) is 3.48. The summed E-state index contributed by atoms with van der Waals surface area (Å²) in [7, 11) is -8.05. The van der Waals surface area contributed by atoms with Crippen LogP contribution in [0.1, 0.15) is 27.2 Å². The van der Waals surface area contributed by atoms with Gasteiger partial charge in [0.15, 0.2) is 0 Å². The molecular formula is C19H26FN3O4S2. The Kier molecular flexibility index (Phi) is 7.61. The van der Waals surface area contributed by atoms with Gasteiger partial charge in [0.2, 0.25) is 10.0 Å². The molecule has 2 N–H and O–H groups in total. The van der Waals surface area contributed by atoms with Gasteiger partial charge in [-0.25, -0.2) is 21.2 Å². The lowest BCUT2D eigenvalue weighted by Gasteiger charge is -2.20. The molecule has 0 aromatic heterocycles. The van der Waals surface area contributed by atoms with Crippen molar-refractivity contribution in [2.75, 3.05) is 29.7 Å². The molecule has 0 bridgehead atoms. The average Bonchev–Trinajstić information content (AvgIpc) is 2.67. The summed E-state index contributed by atoms with van der Waals surface area (Å²) < 4.78 is 68.7. The SMILES string of the molecule is CCCNc1ccc(S(=O)(=O)N(CC)CC)cc1NS(=O)(=O)c1ccccc1F. The van der Waals surface area contributed by atoms with Crippen molar-refractivity contribution in [3.05, 3.63) is 48.3 Å². The fourth-order valence-corrected chi connectivity index (χ4v) is 5.39. The minimum atomic E-state index is -4.26. The number of hydrogen-bond donors (Lipinski definition) is 2. The molecule has 29 heavy (non-hydrogen) atoms. The average molecular weight is 444 g/mol. The van der Waals surface area contributed by atoms with E-state index in [4.69, 9.17) is 0 Å². The van der Waals surface area contributed by atoms with Gasteiger partial charge in [0, 0.05) is 19.6 Å². The van der Waals surface area contributed by atoms with Gasteiger partial charge in [-0.2, -0.15) is 4.31 Å². The van der Waals surface area contributed by atoms with Crippen LogP contribution in [0.3, 0.4) is 0 Å². The van der Waals surface area contributed by atoms with Gasteiger partial charge in [0.25, 0.3) is 10.0 Å². The largest absolute Gasteiger partial charge is 0.383 e. The molecule has 2 rings (SSSR count). The first-order valence-electron chi connectivity index (χ1n) is 9.32. The van der Waals surface area contributed by atoms with Crippen LogP contribution >= 0.6 is 0 Å². The van der Waals surface area contributed by atoms with Crippen molar-refractivity contribution in [1.82, 2.24) is 4.31 Å². The highest BCUT2D eigenvalue weighted by molar-refractivity contribution is 7.92. The first-order chi connectivity index (χ1) is 13.7. The van der Waals surface area contributed by atoms with Gasteiger partial charge in [0.1, 0.15) is 10.7 Å². The van der Waals surface area contributed by atoms with Crippen LogP contribution in [0.25, 0.3) is 0 Å². The Morgan fingerprint density at radius 1 is 0.931 bits per heavy atom. The molecule has 0 aliphatic heterocycles. The van der Waals surface area contributed by atoms with Crippen LogP contribution in [0, 0.1) is 5.82 Å². The minimum Gasteiger partial charge on any atom is -0.383 e. The molecule has 0 aliphatic carbocycles. The number of benzene rings is 2. The predicted molar refractivity (Wildman–Crippen MR) is 113 cm³/mol. The van der Waals surface area contributed by atoms with Crippen LogP contribution in [-0.4, -0.2) is 40.8 Å². The molecule has 2 aromatic rings. The number of halogens is 1. The summed E-state index contributed by atoms with van der Waals surface area (Å²) in [6.07, 6.45) is 0.777. The van der Waals surface area contributed by atoms with E-state index >= 15 is 0 Å². The molecule has 10 heteroatoms. The molecule has 2 aromatic carbocycles. The van der Waals surface area contributed by atoms with Gasteiger partial charge < -0.3 is 5.32 Å². The zero-order valence-electron chi connectivity index (χ0n) is 16.6. The molecule has 0 saturated carbocycles. The molecule has 0 heterocycles. The van der Waals surface area contributed by atoms with Crippen LogP contribution in [-0.2, 0) is 20.0 Å². The normalized spacial score (nSPS) is 12.2. The van der Waals surface area contributed by atoms with Crippen LogP contribution in [0.5, 0.6) is 0 Å². The molecule has 7 nitrogen and oxygen atoms in total. The summed E-state index contributed by atoms with van der Waals surface area (Å²) in [5.41, 5.74) is 0.445. The Morgan fingerprint density at radius 3 is 2.17 bits per heavy atom. The van der Waals surface area contributed by atoms with Crippen molar-refractivity contribution in [2.45, 2.75) is 37.0 Å². The first-order valence-corrected chi connectivity index (χ1v) is 12.2. The van der Waals surface area contributed by atoms with Crippen molar-refractivity contribution in [3.8, 4) is 0 Å². The second-order valence-electron chi connectivity index (χ2n) is 6.26. The molecule has 160 valence electrons. The Labute approximate surface area is 172 Å². The van der Waals surface area contributed by atoms with Gasteiger partial charge in [-0.15, -0.1) is 0 Å². The van der Waals surface area contributed by atoms with Crippen LogP contribution < -0.4 is 10.0 Å². The second kappa shape index (κ2) is 9.55. The maximum Gasteiger partial charge on any atom is 0.264 e. The number of rotatable bonds is 10. The van der Waals surface area contributed by atoms with E-state index in [1.165, 1.54) is 34.6 Å². The van der Waals surface area contributed by atoms with Gasteiger partial charge in [0.05, 0.1) is 16.3 Å². The molecule has 0 unspecified atom stereocenters. The fourth-order valence-electron chi connectivity index (χ4n) is 2.76. The minimum absolute atomic E-state index is 0.0370. The standard InChI is InChI=1S/C19H26FN3O4S2/c1-4-13-21-17-12-11-15(29(26,27)23(5-2)6-3)14-18(17)22-28(24,25)19-10-8-7-9-16(19)20/h7-12,14,21-22H,4-6,13H2,1-3H3. The Morgan fingerprint density at radius 2 is 1.59 bits per heavy atom. The van der Waals surface area contributed by atoms with Crippen molar-refractivity contribution in [3.63, 3.8) is 0 Å². The highest BCUT2D eigenvalue weighted by Crippen LogP contribution is 2.30. The van der Waals surface area contributed by atoms with Crippen LogP contribution in [0.4, 0.5) is 15.8 Å². The Balaban J connectivity index is 2.54. The number of nitrogens with one attached hydrogen (secondary N) is 2. The molecular weight excluding hydrogens is 417 g/mol. The number of anilines is 2. The van der Waals surface area contributed by atoms with Gasteiger partial charge in [-0.3, -0.25) is 4.72 Å². The lowest BCUT2D eigenvalue weighted by molar-refractivity contribution is 0.445. The zero-order chi connectivity index (χ0) is 21.7. The number of hydrogen-bond acceptors (Lipinski definition) is 5. The molecule has 0 amide bonds. The molecule has 0 radical (unpaired) electrons. The summed E-state index contributed by atoms with van der Waals surface area (Å²) in [5, 5.41) is 3.06. The number of sulfonamides is 2. The highest BCUT2D eigenvalue weighted by Gasteiger charge is 2.25. The monoisotopic (exact) mass is 443 g/mol. The van der Waals surface area contributed by atoms with E-state index in [9.17, 15) is 21.2 Å². The Hall–Kier alpha value is -2.17. The smallest absolute Gasteiger partial charge is 0.264 e. The summed E-state index contributed by atoms with van der Waals surface area (Å²) in [6.45, 7) is 6.50. The van der Waals surface area contributed by atoms with E-state index in [1.807, 2.05) is 6.92 Å². The van der Waals surface area contributed by atoms with Crippen molar-refractivity contribution in [1.29, 1.82) is 0 Å². The second-order valence-corrected chi connectivity index (χ2v) is 9.85. The number of nitrogens with zero attached hydrogens (tertiary/aromatic N) is 1. The van der Waals surface area contributed by atoms with Crippen molar-refractivity contribution in [2.24, 2.45) is 0 Å². The molecule has 0 saturated heterocycles. The maximum absolute atomic E-state index is 14.0. The lowest BCUT2D eigenvalue weighted by atomic mass is 10.2. The van der Waals surface area contributed by atoms with Gasteiger partial charge in [-0.05, 0) is 36.8 Å². The molecule has 0 atom stereocenters. The fraction of sp³-hybridized carbons (Fsp3) is 0.368. The van der Waals surface area contributed by atoms with Crippen LogP contribution in [0.15, 0.2) is 52.3 Å². The highest BCUT2D eigenvalue weighted by atomic mass is 32.2. The van der Waals surface area contributed by atoms with E-state index in [-0.39, 0.29) is 23.7 Å². The lowest BCUT2D eigenvalue weighted by Crippen LogP contribution is -2.30. The quantitative estimate of drug-likeness (QED) is 0.586. The van der Waals surface area contributed by atoms with E-state index in [0.29, 0.717) is 12.2 Å². The summed E-state index contributed by atoms with van der Waals surface area (Å²) in [6, 6.07) is 9.18. The Bertz CT molecular complexity index is 1050. The first kappa shape index (κ1) is 23.1. The summed E-state index contributed by atoms with van der Waals surface area (Å²) in [5.74, 6) is -0.894. The van der Waals surface area contributed by atoms with E-state index < -0.39 is 30.8 Å². The molecule has 0 fully saturated rings. The van der Waals surface area contributed by atoms with E-state index in [2.05, 4.69) is 10.0 Å². The van der Waals surface area contributed by atoms with Gasteiger partial charge in [-0.1, -0.05) is 32.9 Å². The topological polar surface area (TPSA) is 95.6 Å². The molecule has 0 spiro atoms. The maximum atomic E-state index is 14.0. The molecule has 0 aliphatic rings. The third kappa shape index (κ3) is 5.26. The summed E-state index contributed by atoms with van der Waals surface area (Å²) >= 11 is 0. The summed E-state index contributed by atoms with van der Waals surface area (Å²) in [4.78, 5) is -0.562. The van der Waals surface area contributed by atoms with Gasteiger partial charge >= 0.3 is 0 Å². The van der Waals surface area contributed by atoms with E-state index in [1.54, 1.807) is 13.8 Å². The third-order valence-electron chi connectivity index (χ3n) is 4.27. The zero-order valence-corrected chi connectivity index (χ0v) is 18.3. The van der Waals surface area contributed by atoms with E-state index in [0.717, 1.165) is 18.6 Å². The third-order valence-corrected chi connectivity index (χ3v) is 7.71. The van der Waals surface area contributed by atoms with Crippen molar-refractivity contribution < 1.29 is 21.2 Å². The van der Waals surface area contributed by atoms with Crippen molar-refractivity contribution >= 4 is 31.4 Å². The van der Waals surface area contributed by atoms with Crippen LogP contribution in [0.2, 0.25) is 0 Å².